The maximum atomic E-state index is 12.1. The van der Waals surface area contributed by atoms with Crippen molar-refractivity contribution in [3.05, 3.63) is 27.8 Å². The van der Waals surface area contributed by atoms with Crippen molar-refractivity contribution in [3.63, 3.8) is 0 Å². The zero-order valence-corrected chi connectivity index (χ0v) is 11.9. The molecule has 0 saturated carbocycles. The molecule has 1 aromatic carbocycles. The van der Waals surface area contributed by atoms with Crippen molar-refractivity contribution in [1.82, 2.24) is 0 Å². The Kier molecular flexibility index (Phi) is 3.99. The van der Waals surface area contributed by atoms with Crippen LogP contribution in [0.4, 0.5) is 0 Å². The Bertz CT molecular complexity index is 513. The van der Waals surface area contributed by atoms with E-state index in [1.165, 1.54) is 0 Å². The highest BCUT2D eigenvalue weighted by molar-refractivity contribution is 7.91. The lowest BCUT2D eigenvalue weighted by Gasteiger charge is -2.18. The van der Waals surface area contributed by atoms with Crippen LogP contribution in [0.2, 0.25) is 0 Å². The van der Waals surface area contributed by atoms with E-state index in [4.69, 9.17) is 5.11 Å². The topological polar surface area (TPSA) is 54.4 Å². The molecule has 3 nitrogen and oxygen atoms in total. The molecule has 1 N–H and O–H groups in total. The molecule has 4 heteroatoms. The molecule has 96 valence electrons. The van der Waals surface area contributed by atoms with Crippen LogP contribution >= 0.6 is 0 Å². The fraction of sp³-hybridized carbons (Fsp3) is 0.538. The van der Waals surface area contributed by atoms with Gasteiger partial charge in [0, 0.05) is 0 Å². The van der Waals surface area contributed by atoms with E-state index in [-0.39, 0.29) is 12.4 Å². The molecule has 0 saturated heterocycles. The molecule has 0 atom stereocenters. The van der Waals surface area contributed by atoms with Gasteiger partial charge in [0.2, 0.25) is 0 Å². The Labute approximate surface area is 103 Å². The maximum absolute atomic E-state index is 12.1. The predicted molar refractivity (Wildman–Crippen MR) is 69.3 cm³/mol. The number of benzene rings is 1. The summed E-state index contributed by atoms with van der Waals surface area (Å²) in [7, 11) is -3.38. The van der Waals surface area contributed by atoms with E-state index in [0.717, 1.165) is 27.8 Å². The minimum Gasteiger partial charge on any atom is -0.395 e. The molecule has 1 rings (SSSR count). The molecule has 17 heavy (non-hydrogen) atoms. The predicted octanol–water partition coefficient (Wildman–Crippen LogP) is 1.99. The second kappa shape index (κ2) is 4.78. The van der Waals surface area contributed by atoms with Crippen LogP contribution in [0.1, 0.15) is 27.8 Å². The largest absolute Gasteiger partial charge is 0.395 e. The first-order valence-electron chi connectivity index (χ1n) is 5.64. The second-order valence-electron chi connectivity index (χ2n) is 4.50. The van der Waals surface area contributed by atoms with Crippen LogP contribution in [-0.4, -0.2) is 25.9 Å². The Morgan fingerprint density at radius 3 is 1.53 bits per heavy atom. The molecule has 0 amide bonds. The summed E-state index contributed by atoms with van der Waals surface area (Å²) in [5, 5.41) is 8.86. The van der Waals surface area contributed by atoms with Crippen LogP contribution in [0.25, 0.3) is 0 Å². The summed E-state index contributed by atoms with van der Waals surface area (Å²) in [5.74, 6) is -0.212. The molecular weight excluding hydrogens is 236 g/mol. The highest BCUT2D eigenvalue weighted by Gasteiger charge is 2.22. The van der Waals surface area contributed by atoms with Gasteiger partial charge in [-0.3, -0.25) is 0 Å². The minimum absolute atomic E-state index is 0.212. The van der Waals surface area contributed by atoms with Crippen molar-refractivity contribution < 1.29 is 13.5 Å². The third-order valence-electron chi connectivity index (χ3n) is 3.60. The van der Waals surface area contributed by atoms with E-state index < -0.39 is 9.84 Å². The Morgan fingerprint density at radius 1 is 0.824 bits per heavy atom. The molecular formula is C13H20O3S. The molecule has 0 fully saturated rings. The van der Waals surface area contributed by atoms with Crippen molar-refractivity contribution in [2.75, 3.05) is 12.4 Å². The van der Waals surface area contributed by atoms with Crippen molar-refractivity contribution >= 4 is 9.84 Å². The molecule has 0 aromatic heterocycles. The van der Waals surface area contributed by atoms with Gasteiger partial charge < -0.3 is 5.11 Å². The molecule has 0 aliphatic rings. The average Bonchev–Trinajstić information content (AvgIpc) is 2.23. The van der Waals surface area contributed by atoms with Crippen LogP contribution < -0.4 is 0 Å². The van der Waals surface area contributed by atoms with Crippen LogP contribution in [0.3, 0.4) is 0 Å². The molecule has 0 bridgehead atoms. The standard InChI is InChI=1S/C13H20O3S/c1-8-9(2)11(4)13(12(5)10(8)3)17(15,16)7-6-14/h14H,6-7H2,1-5H3. The highest BCUT2D eigenvalue weighted by atomic mass is 32.2. The first-order chi connectivity index (χ1) is 7.74. The van der Waals surface area contributed by atoms with E-state index in [0.29, 0.717) is 4.90 Å². The van der Waals surface area contributed by atoms with Gasteiger partial charge in [0.15, 0.2) is 9.84 Å². The summed E-state index contributed by atoms with van der Waals surface area (Å²) in [6.45, 7) is 9.21. The van der Waals surface area contributed by atoms with Crippen molar-refractivity contribution in [2.24, 2.45) is 0 Å². The lowest BCUT2D eigenvalue weighted by molar-refractivity contribution is 0.319. The van der Waals surface area contributed by atoms with Gasteiger partial charge in [0.05, 0.1) is 17.3 Å². The molecule has 0 aliphatic heterocycles. The van der Waals surface area contributed by atoms with Crippen LogP contribution in [0.5, 0.6) is 0 Å². The third kappa shape index (κ3) is 2.38. The molecule has 0 heterocycles. The van der Waals surface area contributed by atoms with Gasteiger partial charge >= 0.3 is 0 Å². The summed E-state index contributed by atoms with van der Waals surface area (Å²) in [6.07, 6.45) is 0. The smallest absolute Gasteiger partial charge is 0.181 e. The summed E-state index contributed by atoms with van der Waals surface area (Å²) in [5.41, 5.74) is 4.79. The first kappa shape index (κ1) is 14.2. The molecule has 0 unspecified atom stereocenters. The van der Waals surface area contributed by atoms with Gasteiger partial charge in [-0.05, 0) is 62.4 Å². The van der Waals surface area contributed by atoms with Gasteiger partial charge in [0.25, 0.3) is 0 Å². The minimum atomic E-state index is -3.38. The lowest BCUT2D eigenvalue weighted by Crippen LogP contribution is -2.15. The third-order valence-corrected chi connectivity index (χ3v) is 5.56. The number of hydrogen-bond donors (Lipinski definition) is 1. The van der Waals surface area contributed by atoms with Crippen molar-refractivity contribution in [1.29, 1.82) is 0 Å². The quantitative estimate of drug-likeness (QED) is 0.900. The van der Waals surface area contributed by atoms with Crippen LogP contribution in [0, 0.1) is 34.6 Å². The number of sulfone groups is 1. The summed E-state index contributed by atoms with van der Waals surface area (Å²) in [4.78, 5) is 0.396. The maximum Gasteiger partial charge on any atom is 0.181 e. The van der Waals surface area contributed by atoms with E-state index in [1.54, 1.807) is 0 Å². The number of rotatable bonds is 3. The van der Waals surface area contributed by atoms with E-state index in [2.05, 4.69) is 0 Å². The zero-order chi connectivity index (χ0) is 13.4. The molecule has 1 aromatic rings. The zero-order valence-electron chi connectivity index (χ0n) is 11.1. The van der Waals surface area contributed by atoms with Gasteiger partial charge in [-0.15, -0.1) is 0 Å². The van der Waals surface area contributed by atoms with Gasteiger partial charge in [-0.1, -0.05) is 0 Å². The monoisotopic (exact) mass is 256 g/mol. The summed E-state index contributed by atoms with van der Waals surface area (Å²) < 4.78 is 24.3. The Balaban J connectivity index is 3.67. The lowest BCUT2D eigenvalue weighted by atomic mass is 9.95. The first-order valence-corrected chi connectivity index (χ1v) is 7.29. The van der Waals surface area contributed by atoms with Gasteiger partial charge in [-0.25, -0.2) is 8.42 Å². The fourth-order valence-electron chi connectivity index (χ4n) is 2.15. The van der Waals surface area contributed by atoms with E-state index >= 15 is 0 Å². The van der Waals surface area contributed by atoms with Crippen molar-refractivity contribution in [3.8, 4) is 0 Å². The summed E-state index contributed by atoms with van der Waals surface area (Å²) >= 11 is 0. The Hall–Kier alpha value is -0.870. The second-order valence-corrected chi connectivity index (χ2v) is 6.54. The van der Waals surface area contributed by atoms with Crippen LogP contribution in [-0.2, 0) is 9.84 Å². The molecule has 0 radical (unpaired) electrons. The number of aliphatic hydroxyl groups is 1. The number of hydrogen-bond acceptors (Lipinski definition) is 3. The van der Waals surface area contributed by atoms with Gasteiger partial charge in [-0.2, -0.15) is 0 Å². The van der Waals surface area contributed by atoms with Gasteiger partial charge in [0.1, 0.15) is 0 Å². The van der Waals surface area contributed by atoms with E-state index in [9.17, 15) is 8.42 Å². The highest BCUT2D eigenvalue weighted by Crippen LogP contribution is 2.29. The molecule has 0 spiro atoms. The average molecular weight is 256 g/mol. The van der Waals surface area contributed by atoms with E-state index in [1.807, 2.05) is 34.6 Å². The molecule has 0 aliphatic carbocycles. The normalized spacial score (nSPS) is 11.9. The number of aliphatic hydroxyl groups excluding tert-OH is 1. The fourth-order valence-corrected chi connectivity index (χ4v) is 3.84. The SMILES string of the molecule is Cc1c(C)c(C)c(S(=O)(=O)CCO)c(C)c1C. The Morgan fingerprint density at radius 2 is 1.18 bits per heavy atom. The van der Waals surface area contributed by atoms with Crippen LogP contribution in [0.15, 0.2) is 4.90 Å². The van der Waals surface area contributed by atoms with Crippen molar-refractivity contribution in [2.45, 2.75) is 39.5 Å². The summed E-state index contributed by atoms with van der Waals surface area (Å²) in [6, 6.07) is 0.